The summed E-state index contributed by atoms with van der Waals surface area (Å²) in [7, 11) is 0. The van der Waals surface area contributed by atoms with E-state index in [0.29, 0.717) is 19.4 Å². The summed E-state index contributed by atoms with van der Waals surface area (Å²) in [6.45, 7) is 7.10. The molecule has 0 aromatic heterocycles. The molecule has 3 unspecified atom stereocenters. The van der Waals surface area contributed by atoms with Crippen molar-refractivity contribution in [3.8, 4) is 0 Å². The lowest BCUT2D eigenvalue weighted by Crippen LogP contribution is -2.56. The van der Waals surface area contributed by atoms with Gasteiger partial charge in [-0.15, -0.1) is 5.01 Å². The van der Waals surface area contributed by atoms with Crippen LogP contribution in [0.15, 0.2) is 30.3 Å². The number of hydrogen-bond donors (Lipinski definition) is 2. The summed E-state index contributed by atoms with van der Waals surface area (Å²) in [6, 6.07) is 7.72. The summed E-state index contributed by atoms with van der Waals surface area (Å²) < 4.78 is 16.0. The molecule has 2 aliphatic heterocycles. The molecule has 0 aliphatic carbocycles. The Morgan fingerprint density at radius 3 is 2.59 bits per heavy atom. The zero-order chi connectivity index (χ0) is 24.9. The molecule has 3 atom stereocenters. The molecule has 2 saturated heterocycles. The van der Waals surface area contributed by atoms with Crippen molar-refractivity contribution in [2.75, 3.05) is 13.1 Å². The Morgan fingerprint density at radius 1 is 1.21 bits per heavy atom. The molecule has 2 fully saturated rings. The molecule has 0 spiro atoms. The Morgan fingerprint density at radius 2 is 1.91 bits per heavy atom. The predicted octanol–water partition coefficient (Wildman–Crippen LogP) is 1.28. The SMILES string of the molecule is CC(NC(=O)OC(C)(C)C)C(=O)N1CCCC1C(=O)NN1CC(=O)OC1OCc1ccccc1. The smallest absolute Gasteiger partial charge is 0.408 e. The van der Waals surface area contributed by atoms with E-state index in [4.69, 9.17) is 14.2 Å². The fraction of sp³-hybridized carbons (Fsp3) is 0.565. The number of carbonyl (C=O) groups excluding carboxylic acids is 4. The number of ether oxygens (including phenoxy) is 3. The lowest BCUT2D eigenvalue weighted by atomic mass is 10.2. The summed E-state index contributed by atoms with van der Waals surface area (Å²) in [5, 5.41) is 3.79. The van der Waals surface area contributed by atoms with Crippen LogP contribution in [0.4, 0.5) is 4.79 Å². The Labute approximate surface area is 198 Å². The maximum atomic E-state index is 13.0. The first kappa shape index (κ1) is 25.4. The van der Waals surface area contributed by atoms with Gasteiger partial charge in [0.2, 0.25) is 5.91 Å². The fourth-order valence-corrected chi connectivity index (χ4v) is 3.70. The number of carbonyl (C=O) groups is 4. The molecule has 0 bridgehead atoms. The van der Waals surface area contributed by atoms with Gasteiger partial charge in [-0.1, -0.05) is 30.3 Å². The zero-order valence-electron chi connectivity index (χ0n) is 19.9. The van der Waals surface area contributed by atoms with Crippen LogP contribution in [0.1, 0.15) is 46.1 Å². The van der Waals surface area contributed by atoms with Crippen LogP contribution < -0.4 is 10.7 Å². The van der Waals surface area contributed by atoms with Gasteiger partial charge in [-0.05, 0) is 46.1 Å². The third kappa shape index (κ3) is 6.91. The Hall–Kier alpha value is -3.18. The van der Waals surface area contributed by atoms with Gasteiger partial charge < -0.3 is 24.4 Å². The predicted molar refractivity (Wildman–Crippen MR) is 120 cm³/mol. The molecule has 2 aliphatic rings. The van der Waals surface area contributed by atoms with Gasteiger partial charge in [-0.3, -0.25) is 19.8 Å². The first-order valence-corrected chi connectivity index (χ1v) is 11.3. The molecule has 11 nitrogen and oxygen atoms in total. The lowest BCUT2D eigenvalue weighted by Gasteiger charge is -2.29. The van der Waals surface area contributed by atoms with Crippen LogP contribution in [0.2, 0.25) is 0 Å². The Kier molecular flexibility index (Phi) is 8.11. The van der Waals surface area contributed by atoms with E-state index in [9.17, 15) is 19.2 Å². The van der Waals surface area contributed by atoms with E-state index in [-0.39, 0.29) is 13.2 Å². The molecule has 1 aromatic carbocycles. The molecule has 3 amide bonds. The number of benzene rings is 1. The highest BCUT2D eigenvalue weighted by atomic mass is 16.7. The number of hydrazine groups is 1. The third-order valence-electron chi connectivity index (χ3n) is 5.22. The van der Waals surface area contributed by atoms with Gasteiger partial charge in [0.1, 0.15) is 24.2 Å². The van der Waals surface area contributed by atoms with Gasteiger partial charge in [-0.2, -0.15) is 0 Å². The molecule has 0 radical (unpaired) electrons. The second-order valence-electron chi connectivity index (χ2n) is 9.26. The number of alkyl carbamates (subject to hydrolysis) is 1. The van der Waals surface area contributed by atoms with Gasteiger partial charge in [-0.25, -0.2) is 4.79 Å². The fourth-order valence-electron chi connectivity index (χ4n) is 3.70. The maximum Gasteiger partial charge on any atom is 0.408 e. The van der Waals surface area contributed by atoms with E-state index in [1.54, 1.807) is 27.7 Å². The number of amides is 3. The summed E-state index contributed by atoms with van der Waals surface area (Å²) in [4.78, 5) is 51.2. The number of esters is 1. The number of nitrogens with zero attached hydrogens (tertiary/aromatic N) is 2. The Balaban J connectivity index is 1.56. The van der Waals surface area contributed by atoms with Gasteiger partial charge in [0.05, 0.1) is 6.61 Å². The summed E-state index contributed by atoms with van der Waals surface area (Å²) >= 11 is 0. The molecular formula is C23H32N4O7. The first-order valence-electron chi connectivity index (χ1n) is 11.3. The molecule has 11 heteroatoms. The van der Waals surface area contributed by atoms with E-state index in [1.807, 2.05) is 30.3 Å². The quantitative estimate of drug-likeness (QED) is 0.564. The van der Waals surface area contributed by atoms with Crippen molar-refractivity contribution in [2.45, 2.75) is 71.2 Å². The Bertz CT molecular complexity index is 902. The molecule has 1 aromatic rings. The highest BCUT2D eigenvalue weighted by Gasteiger charge is 2.40. The number of likely N-dealkylation sites (tertiary alicyclic amines) is 1. The van der Waals surface area contributed by atoms with Crippen LogP contribution in [0.25, 0.3) is 0 Å². The first-order chi connectivity index (χ1) is 16.0. The highest BCUT2D eigenvalue weighted by Crippen LogP contribution is 2.20. The number of hydrogen-bond acceptors (Lipinski definition) is 8. The summed E-state index contributed by atoms with van der Waals surface area (Å²) in [5.74, 6) is -1.39. The van der Waals surface area contributed by atoms with E-state index < -0.39 is 48.0 Å². The van der Waals surface area contributed by atoms with Crippen LogP contribution in [0.5, 0.6) is 0 Å². The maximum absolute atomic E-state index is 13.0. The van der Waals surface area contributed by atoms with Crippen LogP contribution in [0, 0.1) is 0 Å². The van der Waals surface area contributed by atoms with Gasteiger partial charge in [0.15, 0.2) is 0 Å². The van der Waals surface area contributed by atoms with E-state index >= 15 is 0 Å². The average molecular weight is 477 g/mol. The molecule has 0 saturated carbocycles. The van der Waals surface area contributed by atoms with E-state index in [0.717, 1.165) is 5.56 Å². The number of rotatable bonds is 7. The number of cyclic esters (lactones) is 1. The van der Waals surface area contributed by atoms with Crippen molar-refractivity contribution in [2.24, 2.45) is 0 Å². The number of nitrogens with one attached hydrogen (secondary N) is 2. The molecule has 34 heavy (non-hydrogen) atoms. The minimum absolute atomic E-state index is 0.178. The zero-order valence-corrected chi connectivity index (χ0v) is 19.9. The van der Waals surface area contributed by atoms with Gasteiger partial charge in [0, 0.05) is 6.54 Å². The molecule has 186 valence electrons. The molecule has 2 heterocycles. The minimum Gasteiger partial charge on any atom is -0.444 e. The van der Waals surface area contributed by atoms with Gasteiger partial charge >= 0.3 is 12.1 Å². The highest BCUT2D eigenvalue weighted by molar-refractivity contribution is 5.91. The van der Waals surface area contributed by atoms with Crippen molar-refractivity contribution in [1.82, 2.24) is 20.7 Å². The van der Waals surface area contributed by atoms with E-state index in [1.165, 1.54) is 9.91 Å². The van der Waals surface area contributed by atoms with Crippen LogP contribution in [0.3, 0.4) is 0 Å². The average Bonchev–Trinajstić information content (AvgIpc) is 3.37. The third-order valence-corrected chi connectivity index (χ3v) is 5.22. The van der Waals surface area contributed by atoms with E-state index in [2.05, 4.69) is 10.7 Å². The molecule has 3 rings (SSSR count). The topological polar surface area (TPSA) is 127 Å². The van der Waals surface area contributed by atoms with Crippen molar-refractivity contribution in [3.05, 3.63) is 35.9 Å². The van der Waals surface area contributed by atoms with Crippen LogP contribution in [-0.4, -0.2) is 71.0 Å². The van der Waals surface area contributed by atoms with Crippen molar-refractivity contribution >= 4 is 23.9 Å². The summed E-state index contributed by atoms with van der Waals surface area (Å²) in [6.07, 6.45) is -0.698. The second-order valence-corrected chi connectivity index (χ2v) is 9.26. The van der Waals surface area contributed by atoms with Crippen molar-refractivity contribution < 1.29 is 33.4 Å². The van der Waals surface area contributed by atoms with Crippen molar-refractivity contribution in [1.29, 1.82) is 0 Å². The monoisotopic (exact) mass is 476 g/mol. The lowest BCUT2D eigenvalue weighted by molar-refractivity contribution is -0.201. The summed E-state index contributed by atoms with van der Waals surface area (Å²) in [5.41, 5.74) is 2.84. The second kappa shape index (κ2) is 10.8. The van der Waals surface area contributed by atoms with Gasteiger partial charge in [0.25, 0.3) is 12.3 Å². The van der Waals surface area contributed by atoms with Crippen molar-refractivity contribution in [3.63, 3.8) is 0 Å². The normalized spacial score (nSPS) is 21.6. The largest absolute Gasteiger partial charge is 0.444 e. The standard InChI is InChI=1S/C23H32N4O7/c1-15(24-21(31)34-23(2,3)4)20(30)26-12-8-11-17(26)19(29)25-27-13-18(28)33-22(27)32-14-16-9-6-5-7-10-16/h5-7,9-10,15,17,22H,8,11-14H2,1-4H3,(H,24,31)(H,25,29). The molecule has 2 N–H and O–H groups in total. The minimum atomic E-state index is -1.07. The molecular weight excluding hydrogens is 444 g/mol. The van der Waals surface area contributed by atoms with Crippen LogP contribution >= 0.6 is 0 Å². The van der Waals surface area contributed by atoms with Crippen LogP contribution in [-0.2, 0) is 35.2 Å².